The standard InChI is InChI=1S/C15H17BrF2N2/c16-8-3-4-9(17)12(14(8)18)15(20-19)13-10-6-1-2-7(5-6)11(10)13/h3-4,6-7,10-11,13,15,20H,1-2,5,19H2. The number of fused-ring (bicyclic) bond motifs is 5. The highest BCUT2D eigenvalue weighted by atomic mass is 79.9. The summed E-state index contributed by atoms with van der Waals surface area (Å²) in [6.07, 6.45) is 3.87. The van der Waals surface area contributed by atoms with Gasteiger partial charge in [0.1, 0.15) is 11.6 Å². The van der Waals surface area contributed by atoms with E-state index in [9.17, 15) is 8.78 Å². The SMILES string of the molecule is NNC(c1c(F)ccc(Br)c1F)C1C2C3CCC(C3)C21. The largest absolute Gasteiger partial charge is 0.271 e. The van der Waals surface area contributed by atoms with E-state index < -0.39 is 17.7 Å². The van der Waals surface area contributed by atoms with Gasteiger partial charge < -0.3 is 0 Å². The van der Waals surface area contributed by atoms with Crippen molar-refractivity contribution in [2.75, 3.05) is 0 Å². The average molecular weight is 343 g/mol. The van der Waals surface area contributed by atoms with E-state index in [-0.39, 0.29) is 5.56 Å². The summed E-state index contributed by atoms with van der Waals surface area (Å²) in [6, 6.07) is 2.30. The molecule has 20 heavy (non-hydrogen) atoms. The molecule has 3 N–H and O–H groups in total. The molecule has 3 aliphatic rings. The van der Waals surface area contributed by atoms with Gasteiger partial charge in [0.25, 0.3) is 0 Å². The van der Waals surface area contributed by atoms with E-state index in [0.29, 0.717) is 22.2 Å². The van der Waals surface area contributed by atoms with Gasteiger partial charge in [0.2, 0.25) is 0 Å². The third kappa shape index (κ3) is 1.66. The predicted molar refractivity (Wildman–Crippen MR) is 75.4 cm³/mol. The molecule has 5 unspecified atom stereocenters. The fraction of sp³-hybridized carbons (Fsp3) is 0.600. The lowest BCUT2D eigenvalue weighted by Crippen LogP contribution is -2.32. The van der Waals surface area contributed by atoms with Crippen molar-refractivity contribution in [1.82, 2.24) is 5.43 Å². The topological polar surface area (TPSA) is 38.0 Å². The summed E-state index contributed by atoms with van der Waals surface area (Å²) in [6.45, 7) is 0. The van der Waals surface area contributed by atoms with Gasteiger partial charge in [0.15, 0.2) is 0 Å². The monoisotopic (exact) mass is 342 g/mol. The van der Waals surface area contributed by atoms with Crippen molar-refractivity contribution in [2.24, 2.45) is 35.4 Å². The maximum Gasteiger partial charge on any atom is 0.145 e. The first-order valence-corrected chi connectivity index (χ1v) is 8.02. The molecule has 5 heteroatoms. The average Bonchev–Trinajstić information content (AvgIpc) is 2.86. The maximum absolute atomic E-state index is 14.3. The molecule has 2 bridgehead atoms. The summed E-state index contributed by atoms with van der Waals surface area (Å²) in [7, 11) is 0. The quantitative estimate of drug-likeness (QED) is 0.501. The Morgan fingerprint density at radius 2 is 1.85 bits per heavy atom. The van der Waals surface area contributed by atoms with Gasteiger partial charge in [-0.15, -0.1) is 0 Å². The van der Waals surface area contributed by atoms with Crippen LogP contribution in [0.3, 0.4) is 0 Å². The third-order valence-electron chi connectivity index (χ3n) is 5.75. The summed E-state index contributed by atoms with van der Waals surface area (Å²) in [5.74, 6) is 7.66. The van der Waals surface area contributed by atoms with Crippen LogP contribution in [0.1, 0.15) is 30.9 Å². The second-order valence-corrected chi connectivity index (χ2v) is 7.32. The Morgan fingerprint density at radius 3 is 2.45 bits per heavy atom. The minimum Gasteiger partial charge on any atom is -0.271 e. The van der Waals surface area contributed by atoms with Crippen molar-refractivity contribution in [3.8, 4) is 0 Å². The van der Waals surface area contributed by atoms with Crippen LogP contribution in [-0.2, 0) is 0 Å². The van der Waals surface area contributed by atoms with E-state index in [0.717, 1.165) is 11.8 Å². The van der Waals surface area contributed by atoms with Gasteiger partial charge in [-0.25, -0.2) is 8.78 Å². The van der Waals surface area contributed by atoms with Gasteiger partial charge in [-0.1, -0.05) is 0 Å². The van der Waals surface area contributed by atoms with Gasteiger partial charge in [0, 0.05) is 5.56 Å². The normalized spacial score (nSPS) is 38.9. The number of halogens is 3. The van der Waals surface area contributed by atoms with Crippen LogP contribution >= 0.6 is 15.9 Å². The molecule has 3 saturated carbocycles. The molecule has 5 atom stereocenters. The van der Waals surface area contributed by atoms with Gasteiger partial charge in [0.05, 0.1) is 10.5 Å². The summed E-state index contributed by atoms with van der Waals surface area (Å²) in [5, 5.41) is 0. The van der Waals surface area contributed by atoms with Crippen LogP contribution in [0.25, 0.3) is 0 Å². The Hall–Kier alpha value is -0.520. The third-order valence-corrected chi connectivity index (χ3v) is 6.36. The molecule has 0 amide bonds. The van der Waals surface area contributed by atoms with E-state index in [2.05, 4.69) is 21.4 Å². The van der Waals surface area contributed by atoms with Crippen LogP contribution in [-0.4, -0.2) is 0 Å². The first kappa shape index (κ1) is 13.2. The second kappa shape index (κ2) is 4.49. The highest BCUT2D eigenvalue weighted by molar-refractivity contribution is 9.10. The van der Waals surface area contributed by atoms with Gasteiger partial charge in [-0.2, -0.15) is 0 Å². The maximum atomic E-state index is 14.3. The molecular weight excluding hydrogens is 326 g/mol. The molecule has 4 rings (SSSR count). The van der Waals surface area contributed by atoms with Crippen LogP contribution in [0.15, 0.2) is 16.6 Å². The summed E-state index contributed by atoms with van der Waals surface area (Å²) < 4.78 is 28.7. The Kier molecular flexibility index (Phi) is 2.95. The van der Waals surface area contributed by atoms with Crippen molar-refractivity contribution in [3.63, 3.8) is 0 Å². The van der Waals surface area contributed by atoms with E-state index in [1.54, 1.807) is 0 Å². The van der Waals surface area contributed by atoms with Crippen LogP contribution in [0.4, 0.5) is 8.78 Å². The lowest BCUT2D eigenvalue weighted by atomic mass is 9.93. The van der Waals surface area contributed by atoms with E-state index in [1.807, 2.05) is 0 Å². The Labute approximate surface area is 125 Å². The van der Waals surface area contributed by atoms with Crippen molar-refractivity contribution in [1.29, 1.82) is 0 Å². The zero-order valence-corrected chi connectivity index (χ0v) is 12.5. The first-order valence-electron chi connectivity index (χ1n) is 7.23. The zero-order chi connectivity index (χ0) is 14.0. The molecule has 0 saturated heterocycles. The predicted octanol–water partition coefficient (Wildman–Crippen LogP) is 3.52. The lowest BCUT2D eigenvalue weighted by molar-refractivity contribution is 0.355. The molecule has 0 radical (unpaired) electrons. The first-order chi connectivity index (χ1) is 9.63. The number of hydrogen-bond acceptors (Lipinski definition) is 2. The second-order valence-electron chi connectivity index (χ2n) is 6.47. The van der Waals surface area contributed by atoms with Crippen molar-refractivity contribution < 1.29 is 8.78 Å². The van der Waals surface area contributed by atoms with Crippen molar-refractivity contribution in [3.05, 3.63) is 33.8 Å². The highest BCUT2D eigenvalue weighted by Crippen LogP contribution is 2.72. The van der Waals surface area contributed by atoms with E-state index in [1.165, 1.54) is 31.4 Å². The summed E-state index contributed by atoms with van der Waals surface area (Å²) in [4.78, 5) is 0. The molecule has 3 fully saturated rings. The van der Waals surface area contributed by atoms with Crippen LogP contribution in [0, 0.1) is 41.2 Å². The Bertz CT molecular complexity index is 549. The summed E-state index contributed by atoms with van der Waals surface area (Å²) >= 11 is 3.13. The minimum atomic E-state index is -0.523. The molecule has 0 spiro atoms. The van der Waals surface area contributed by atoms with Crippen molar-refractivity contribution in [2.45, 2.75) is 25.3 Å². The number of nitrogens with two attached hydrogens (primary N) is 1. The molecule has 3 aliphatic carbocycles. The molecule has 0 heterocycles. The molecule has 2 nitrogen and oxygen atoms in total. The molecule has 1 aromatic carbocycles. The summed E-state index contributed by atoms with van der Waals surface area (Å²) in [5.41, 5.74) is 2.78. The minimum absolute atomic E-state index is 0.0978. The smallest absolute Gasteiger partial charge is 0.145 e. The Morgan fingerprint density at radius 1 is 1.20 bits per heavy atom. The van der Waals surface area contributed by atoms with Gasteiger partial charge in [-0.3, -0.25) is 11.3 Å². The molecular formula is C15H17BrF2N2. The van der Waals surface area contributed by atoms with Crippen LogP contribution in [0.2, 0.25) is 0 Å². The molecule has 1 aromatic rings. The van der Waals surface area contributed by atoms with Crippen molar-refractivity contribution >= 4 is 15.9 Å². The Balaban J connectivity index is 1.69. The number of rotatable bonds is 3. The fourth-order valence-electron chi connectivity index (χ4n) is 5.05. The number of hydrazine groups is 1. The lowest BCUT2D eigenvalue weighted by Gasteiger charge is -2.21. The van der Waals surface area contributed by atoms with Gasteiger partial charge >= 0.3 is 0 Å². The molecule has 108 valence electrons. The molecule has 0 aromatic heterocycles. The van der Waals surface area contributed by atoms with Crippen LogP contribution in [0.5, 0.6) is 0 Å². The van der Waals surface area contributed by atoms with Gasteiger partial charge in [-0.05, 0) is 76.9 Å². The molecule has 0 aliphatic heterocycles. The van der Waals surface area contributed by atoms with E-state index in [4.69, 9.17) is 5.84 Å². The number of benzene rings is 1. The highest BCUT2D eigenvalue weighted by Gasteiger charge is 2.67. The number of hydrogen-bond donors (Lipinski definition) is 2. The zero-order valence-electron chi connectivity index (χ0n) is 11.0. The van der Waals surface area contributed by atoms with Crippen LogP contribution < -0.4 is 11.3 Å². The number of nitrogens with one attached hydrogen (secondary N) is 1. The fourth-order valence-corrected chi connectivity index (χ4v) is 5.40. The van der Waals surface area contributed by atoms with E-state index >= 15 is 0 Å².